The lowest BCUT2D eigenvalue weighted by Crippen LogP contribution is -2.34. The quantitative estimate of drug-likeness (QED) is 0.284. The van der Waals surface area contributed by atoms with Gasteiger partial charge in [-0.25, -0.2) is 13.2 Å². The Balaban J connectivity index is 2.03. The highest BCUT2D eigenvalue weighted by atomic mass is 79.9. The molecule has 12 heteroatoms. The number of hydrogen-bond donors (Lipinski definition) is 0. The van der Waals surface area contributed by atoms with Crippen molar-refractivity contribution in [2.45, 2.75) is 11.3 Å². The fourth-order valence-corrected chi connectivity index (χ4v) is 4.67. The predicted octanol–water partition coefficient (Wildman–Crippen LogP) is 3.84. The fourth-order valence-electron chi connectivity index (χ4n) is 2.78. The largest absolute Gasteiger partial charge is 0.376 e. The molecule has 0 N–H and O–H groups in total. The third-order valence-corrected chi connectivity index (χ3v) is 6.41. The van der Waals surface area contributed by atoms with E-state index in [4.69, 9.17) is 4.84 Å². The first-order valence-corrected chi connectivity index (χ1v) is 9.87. The Morgan fingerprint density at radius 1 is 1.04 bits per heavy atom. The number of hydroxylamine groups is 2. The molecule has 1 saturated heterocycles. The van der Waals surface area contributed by atoms with Gasteiger partial charge in [0.15, 0.2) is 0 Å². The average Bonchev–Trinajstić information content (AvgIpc) is 3.05. The van der Waals surface area contributed by atoms with Crippen molar-refractivity contribution < 1.29 is 39.4 Å². The molecule has 5 nitrogen and oxygen atoms in total. The van der Waals surface area contributed by atoms with Crippen LogP contribution >= 0.6 is 15.9 Å². The topological polar surface area (TPSA) is 55.8 Å². The minimum atomic E-state index is -4.87. The number of rotatable bonds is 4. The molecule has 2 aromatic carbocycles. The molecule has 0 unspecified atom stereocenters. The lowest BCUT2D eigenvalue weighted by molar-refractivity contribution is -0.110. The van der Waals surface area contributed by atoms with E-state index in [1.54, 1.807) is 24.3 Å². The van der Waals surface area contributed by atoms with Crippen molar-refractivity contribution in [3.63, 3.8) is 0 Å². The molecule has 0 bridgehead atoms. The Kier molecular flexibility index (Phi) is 5.67. The second kappa shape index (κ2) is 7.58. The summed E-state index contributed by atoms with van der Waals surface area (Å²) in [6, 6.07) is 5.55. The zero-order valence-corrected chi connectivity index (χ0v) is 16.3. The Morgan fingerprint density at radius 2 is 1.57 bits per heavy atom. The van der Waals surface area contributed by atoms with Crippen molar-refractivity contribution >= 4 is 26.0 Å². The van der Waals surface area contributed by atoms with Crippen LogP contribution in [0.2, 0.25) is 0 Å². The van der Waals surface area contributed by atoms with Crippen molar-refractivity contribution in [3.8, 4) is 5.75 Å². The maximum Gasteiger partial charge on any atom is 0.316 e. The molecular formula is C16H11BrF5NO4S. The summed E-state index contributed by atoms with van der Waals surface area (Å²) in [5.74, 6) is -13.7. The van der Waals surface area contributed by atoms with Crippen molar-refractivity contribution in [2.75, 3.05) is 13.7 Å². The van der Waals surface area contributed by atoms with Gasteiger partial charge in [-0.1, -0.05) is 34.1 Å². The Bertz CT molecular complexity index is 1010. The smallest absolute Gasteiger partial charge is 0.316 e. The first-order chi connectivity index (χ1) is 13.1. The predicted molar refractivity (Wildman–Crippen MR) is 90.2 cm³/mol. The molecule has 0 radical (unpaired) electrons. The van der Waals surface area contributed by atoms with Gasteiger partial charge in [-0.3, -0.25) is 4.84 Å². The minimum Gasteiger partial charge on any atom is -0.376 e. The van der Waals surface area contributed by atoms with Crippen LogP contribution < -0.4 is 4.18 Å². The summed E-state index contributed by atoms with van der Waals surface area (Å²) in [4.78, 5) is 5.20. The summed E-state index contributed by atoms with van der Waals surface area (Å²) in [5.41, 5.74) is 0.456. The second-order valence-electron chi connectivity index (χ2n) is 5.82. The molecule has 2 aromatic rings. The fraction of sp³-hybridized carbons (Fsp3) is 0.250. The molecule has 0 aromatic heterocycles. The SMILES string of the molecule is CN1OC[C@@H](S(=O)(=O)Oc2c(F)c(F)c(F)c(F)c2F)[C@@H]1c1ccccc1Br. The van der Waals surface area contributed by atoms with E-state index in [9.17, 15) is 30.4 Å². The summed E-state index contributed by atoms with van der Waals surface area (Å²) in [6.45, 7) is -0.458. The lowest BCUT2D eigenvalue weighted by atomic mass is 10.0. The monoisotopic (exact) mass is 487 g/mol. The van der Waals surface area contributed by atoms with Crippen molar-refractivity contribution in [1.82, 2.24) is 5.06 Å². The van der Waals surface area contributed by atoms with Gasteiger partial charge in [-0.2, -0.15) is 22.3 Å². The van der Waals surface area contributed by atoms with Gasteiger partial charge in [-0.15, -0.1) is 0 Å². The Hall–Kier alpha value is -1.76. The summed E-state index contributed by atoms with van der Waals surface area (Å²) in [5, 5.41) is -0.310. The number of benzene rings is 2. The maximum atomic E-state index is 13.8. The molecule has 0 spiro atoms. The van der Waals surface area contributed by atoms with Crippen molar-refractivity contribution in [2.24, 2.45) is 0 Å². The average molecular weight is 488 g/mol. The van der Waals surface area contributed by atoms with Crippen LogP contribution in [0.5, 0.6) is 5.75 Å². The maximum absolute atomic E-state index is 13.8. The van der Waals surface area contributed by atoms with Crippen LogP contribution in [0.4, 0.5) is 22.0 Å². The van der Waals surface area contributed by atoms with E-state index in [0.717, 1.165) is 0 Å². The van der Waals surface area contributed by atoms with Crippen LogP contribution in [0.15, 0.2) is 28.7 Å². The number of hydrogen-bond acceptors (Lipinski definition) is 5. The van der Waals surface area contributed by atoms with E-state index in [0.29, 0.717) is 10.0 Å². The molecule has 28 heavy (non-hydrogen) atoms. The first-order valence-electron chi connectivity index (χ1n) is 7.61. The highest BCUT2D eigenvalue weighted by Crippen LogP contribution is 2.39. The summed E-state index contributed by atoms with van der Waals surface area (Å²) in [7, 11) is -3.45. The van der Waals surface area contributed by atoms with Gasteiger partial charge in [0.25, 0.3) is 0 Å². The van der Waals surface area contributed by atoms with E-state index in [1.807, 2.05) is 0 Å². The third kappa shape index (κ3) is 3.49. The van der Waals surface area contributed by atoms with Gasteiger partial charge in [-0.05, 0) is 11.6 Å². The van der Waals surface area contributed by atoms with E-state index >= 15 is 0 Å². The van der Waals surface area contributed by atoms with Gasteiger partial charge >= 0.3 is 10.1 Å². The summed E-state index contributed by atoms with van der Waals surface area (Å²) in [6.07, 6.45) is 0. The third-order valence-electron chi connectivity index (χ3n) is 4.15. The number of nitrogens with zero attached hydrogens (tertiary/aromatic N) is 1. The molecule has 1 aliphatic heterocycles. The molecule has 152 valence electrons. The van der Waals surface area contributed by atoms with Crippen molar-refractivity contribution in [1.29, 1.82) is 0 Å². The second-order valence-corrected chi connectivity index (χ2v) is 8.43. The molecule has 1 heterocycles. The Morgan fingerprint density at radius 3 is 2.14 bits per heavy atom. The molecule has 1 fully saturated rings. The number of halogens is 6. The molecule has 0 aliphatic carbocycles. The summed E-state index contributed by atoms with van der Waals surface area (Å²) < 4.78 is 97.6. The van der Waals surface area contributed by atoms with Gasteiger partial charge in [0, 0.05) is 11.5 Å². The summed E-state index contributed by atoms with van der Waals surface area (Å²) >= 11 is 3.27. The van der Waals surface area contributed by atoms with Gasteiger partial charge in [0.05, 0.1) is 12.6 Å². The van der Waals surface area contributed by atoms with Crippen molar-refractivity contribution in [3.05, 3.63) is 63.4 Å². The molecule has 2 atom stereocenters. The van der Waals surface area contributed by atoms with E-state index < -0.39 is 62.9 Å². The molecule has 0 saturated carbocycles. The molecular weight excluding hydrogens is 477 g/mol. The van der Waals surface area contributed by atoms with E-state index in [2.05, 4.69) is 20.1 Å². The lowest BCUT2D eigenvalue weighted by Gasteiger charge is -2.23. The normalized spacial score (nSPS) is 20.5. The van der Waals surface area contributed by atoms with Gasteiger partial charge in [0.2, 0.25) is 34.8 Å². The van der Waals surface area contributed by atoms with Crippen LogP contribution in [-0.4, -0.2) is 32.4 Å². The van der Waals surface area contributed by atoms with Crippen LogP contribution in [0.25, 0.3) is 0 Å². The Labute approximate surface area is 164 Å². The van der Waals surface area contributed by atoms with E-state index in [1.165, 1.54) is 12.1 Å². The van der Waals surface area contributed by atoms with E-state index in [-0.39, 0.29) is 0 Å². The van der Waals surface area contributed by atoms with Gasteiger partial charge in [0.1, 0.15) is 5.25 Å². The zero-order chi connectivity index (χ0) is 20.8. The zero-order valence-electron chi connectivity index (χ0n) is 13.9. The highest BCUT2D eigenvalue weighted by molar-refractivity contribution is 9.10. The molecule has 3 rings (SSSR count). The molecule has 0 amide bonds. The standard InChI is InChI=1S/C16H11BrF5NO4S/c1-23-15(7-4-2-3-5-8(7)17)9(6-26-23)28(24,25)27-16-13(21)11(19)10(18)12(20)14(16)22/h2-5,9,15H,6H2,1H3/t9-,15+/m1/s1. The van der Waals surface area contributed by atoms with Crippen LogP contribution in [-0.2, 0) is 15.0 Å². The van der Waals surface area contributed by atoms with Gasteiger partial charge < -0.3 is 4.18 Å². The first kappa shape index (κ1) is 21.0. The molecule has 1 aliphatic rings. The van der Waals surface area contributed by atoms with Crippen LogP contribution in [0, 0.1) is 29.1 Å². The highest BCUT2D eigenvalue weighted by Gasteiger charge is 2.46. The minimum absolute atomic E-state index is 0.456. The van der Waals surface area contributed by atoms with Crippen LogP contribution in [0.1, 0.15) is 11.6 Å². The van der Waals surface area contributed by atoms with Crippen LogP contribution in [0.3, 0.4) is 0 Å².